The first-order valence-electron chi connectivity index (χ1n) is 11.1. The first-order valence-corrected chi connectivity index (χ1v) is 14.8. The monoisotopic (exact) mass is 533 g/mol. The Balaban J connectivity index is 1.25. The highest BCUT2D eigenvalue weighted by Gasteiger charge is 2.39. The van der Waals surface area contributed by atoms with E-state index in [9.17, 15) is 18.5 Å². The molecule has 1 aromatic carbocycles. The Bertz CT molecular complexity index is 969. The Kier molecular flexibility index (Phi) is 11.3. The highest BCUT2D eigenvalue weighted by atomic mass is 31.2. The summed E-state index contributed by atoms with van der Waals surface area (Å²) >= 11 is 0. The second kappa shape index (κ2) is 14.2. The number of rotatable bonds is 14. The van der Waals surface area contributed by atoms with Gasteiger partial charge in [0.15, 0.2) is 0 Å². The molecule has 1 aromatic rings. The lowest BCUT2D eigenvalue weighted by molar-refractivity contribution is 0.133. The number of amides is 1. The van der Waals surface area contributed by atoms with Gasteiger partial charge in [-0.25, -0.2) is 13.4 Å². The molecular weight excluding hydrogens is 503 g/mol. The van der Waals surface area contributed by atoms with Crippen molar-refractivity contribution < 1.29 is 41.3 Å². The van der Waals surface area contributed by atoms with Gasteiger partial charge >= 0.3 is 30.9 Å². The van der Waals surface area contributed by atoms with Crippen LogP contribution in [0.1, 0.15) is 48.6 Å². The van der Waals surface area contributed by atoms with Crippen molar-refractivity contribution in [3.63, 3.8) is 0 Å². The van der Waals surface area contributed by atoms with E-state index in [-0.39, 0.29) is 12.5 Å². The Hall–Kier alpha value is -1.50. The van der Waals surface area contributed by atoms with E-state index in [0.29, 0.717) is 31.4 Å². The number of fused-ring (bicyclic) bond motifs is 3. The average Bonchev–Trinajstić information content (AvgIpc) is 3.12. The van der Waals surface area contributed by atoms with Crippen molar-refractivity contribution in [3.05, 3.63) is 59.7 Å². The molecule has 0 aromatic heterocycles. The van der Waals surface area contributed by atoms with Gasteiger partial charge in [0.05, 0.1) is 6.61 Å². The van der Waals surface area contributed by atoms with Crippen molar-refractivity contribution >= 4 is 30.9 Å². The molecule has 0 fully saturated rings. The molecule has 6 unspecified atom stereocenters. The average molecular weight is 533 g/mol. The van der Waals surface area contributed by atoms with Crippen LogP contribution in [-0.4, -0.2) is 30.7 Å². The van der Waals surface area contributed by atoms with Crippen molar-refractivity contribution in [1.82, 2.24) is 5.32 Å². The van der Waals surface area contributed by atoms with E-state index in [1.165, 1.54) is 11.1 Å². The largest absolute Gasteiger partial charge is 0.449 e. The van der Waals surface area contributed by atoms with E-state index in [1.807, 2.05) is 12.1 Å². The fraction of sp³-hybridized carbons (Fsp3) is 0.476. The second-order valence-corrected chi connectivity index (χ2v) is 11.3. The van der Waals surface area contributed by atoms with Gasteiger partial charge in [-0.05, 0) is 29.9 Å². The molecule has 0 heterocycles. The third-order valence-corrected chi connectivity index (χ3v) is 8.83. The molecule has 13 heteroatoms. The summed E-state index contributed by atoms with van der Waals surface area (Å²) < 4.78 is 51.6. The minimum absolute atomic E-state index is 0.130. The van der Waals surface area contributed by atoms with Crippen LogP contribution in [0.2, 0.25) is 0 Å². The van der Waals surface area contributed by atoms with Crippen LogP contribution in [0.5, 0.6) is 0 Å². The summed E-state index contributed by atoms with van der Waals surface area (Å²) in [6.45, 7) is 0.938. The van der Waals surface area contributed by atoms with Gasteiger partial charge in [-0.3, -0.25) is 13.7 Å². The summed E-state index contributed by atoms with van der Waals surface area (Å²) in [7, 11) is -9.75. The van der Waals surface area contributed by atoms with Crippen LogP contribution in [0, 0.1) is 5.92 Å². The van der Waals surface area contributed by atoms with Crippen molar-refractivity contribution in [2.24, 2.45) is 5.92 Å². The van der Waals surface area contributed by atoms with Gasteiger partial charge < -0.3 is 19.5 Å². The normalized spacial score (nSPS) is 23.0. The third kappa shape index (κ3) is 8.31. The van der Waals surface area contributed by atoms with Crippen LogP contribution < -0.4 is 5.32 Å². The number of hydrogen-bond acceptors (Lipinski definition) is 8. The minimum atomic E-state index is -3.41. The van der Waals surface area contributed by atoms with Gasteiger partial charge in [0.25, 0.3) is 0 Å². The highest BCUT2D eigenvalue weighted by molar-refractivity contribution is 7.53. The Labute approximate surface area is 200 Å². The van der Waals surface area contributed by atoms with E-state index in [0.717, 1.165) is 19.3 Å². The minimum Gasteiger partial charge on any atom is -0.449 e. The maximum absolute atomic E-state index is 12.1. The molecule has 2 aliphatic carbocycles. The van der Waals surface area contributed by atoms with Crippen molar-refractivity contribution in [1.29, 1.82) is 0 Å². The standard InChI is InChI=1S/C21H30NO9P3/c23-21(22-13-7-1-2-8-14-29-33(26)31-34(27)30-32(24)25)28-15-20-18-11-5-3-9-16(18)17-10-4-6-12-19(17)20/h3-6,9-12,16,18,20,32-34H,1-2,7-8,13-15H2,(H,22,23)(H,24,25). The molecule has 0 bridgehead atoms. The molecule has 2 aliphatic rings. The molecule has 0 saturated carbocycles. The van der Waals surface area contributed by atoms with Gasteiger partial charge in [0.2, 0.25) is 0 Å². The zero-order chi connectivity index (χ0) is 24.3. The number of carbonyl (C=O) groups excluding carboxylic acids is 1. The van der Waals surface area contributed by atoms with Crippen molar-refractivity contribution in [3.8, 4) is 0 Å². The summed E-state index contributed by atoms with van der Waals surface area (Å²) in [6, 6.07) is 8.32. The molecule has 0 spiro atoms. The predicted octanol–water partition coefficient (Wildman–Crippen LogP) is 5.11. The second-order valence-electron chi connectivity index (χ2n) is 7.87. The van der Waals surface area contributed by atoms with Gasteiger partial charge in [0, 0.05) is 18.4 Å². The molecule has 2 N–H and O–H groups in total. The van der Waals surface area contributed by atoms with Gasteiger partial charge in [-0.1, -0.05) is 61.4 Å². The predicted molar refractivity (Wildman–Crippen MR) is 129 cm³/mol. The molecule has 0 aliphatic heterocycles. The molecular formula is C21H30NO9P3. The summed E-state index contributed by atoms with van der Waals surface area (Å²) in [5.41, 5.74) is 2.54. The summed E-state index contributed by atoms with van der Waals surface area (Å²) in [5, 5.41) is 2.77. The quantitative estimate of drug-likeness (QED) is 0.247. The van der Waals surface area contributed by atoms with E-state index >= 15 is 0 Å². The maximum atomic E-state index is 12.1. The number of ether oxygens (including phenoxy) is 1. The molecule has 0 radical (unpaired) electrons. The van der Waals surface area contributed by atoms with Gasteiger partial charge in [-0.2, -0.15) is 0 Å². The van der Waals surface area contributed by atoms with E-state index < -0.39 is 30.9 Å². The van der Waals surface area contributed by atoms with Crippen molar-refractivity contribution in [2.75, 3.05) is 19.8 Å². The molecule has 0 saturated heterocycles. The number of nitrogens with one attached hydrogen (secondary N) is 1. The first-order chi connectivity index (χ1) is 16.5. The van der Waals surface area contributed by atoms with E-state index in [1.54, 1.807) is 0 Å². The fourth-order valence-electron chi connectivity index (χ4n) is 4.21. The van der Waals surface area contributed by atoms with Crippen molar-refractivity contribution in [2.45, 2.75) is 37.5 Å². The molecule has 1 amide bonds. The zero-order valence-corrected chi connectivity index (χ0v) is 21.5. The molecule has 188 valence electrons. The lowest BCUT2D eigenvalue weighted by atomic mass is 9.84. The molecule has 3 rings (SSSR count). The van der Waals surface area contributed by atoms with Crippen LogP contribution in [0.15, 0.2) is 48.6 Å². The topological polar surface area (TPSA) is 137 Å². The number of carbonyl (C=O) groups is 1. The summed E-state index contributed by atoms with van der Waals surface area (Å²) in [5.74, 6) is 0.768. The zero-order valence-electron chi connectivity index (χ0n) is 18.5. The summed E-state index contributed by atoms with van der Waals surface area (Å²) in [4.78, 5) is 20.6. The number of allylic oxidation sites excluding steroid dienone is 4. The summed E-state index contributed by atoms with van der Waals surface area (Å²) in [6.07, 6.45) is 11.0. The lowest BCUT2D eigenvalue weighted by Crippen LogP contribution is -2.28. The third-order valence-electron chi connectivity index (χ3n) is 5.69. The number of hydrogen-bond donors (Lipinski definition) is 2. The highest BCUT2D eigenvalue weighted by Crippen LogP contribution is 2.49. The lowest BCUT2D eigenvalue weighted by Gasteiger charge is -2.22. The smallest absolute Gasteiger partial charge is 0.407 e. The maximum Gasteiger partial charge on any atom is 0.407 e. The molecule has 34 heavy (non-hydrogen) atoms. The number of unbranched alkanes of at least 4 members (excludes halogenated alkanes) is 3. The van der Waals surface area contributed by atoms with Crippen LogP contribution in [0.3, 0.4) is 0 Å². The van der Waals surface area contributed by atoms with Crippen LogP contribution >= 0.6 is 24.8 Å². The Morgan fingerprint density at radius 1 is 0.941 bits per heavy atom. The van der Waals surface area contributed by atoms with Gasteiger partial charge in [-0.15, -0.1) is 0 Å². The fourth-order valence-corrected chi connectivity index (χ4v) is 6.42. The van der Waals surface area contributed by atoms with Crippen LogP contribution in [0.4, 0.5) is 4.79 Å². The van der Waals surface area contributed by atoms with Crippen LogP contribution in [-0.2, 0) is 31.6 Å². The molecule has 10 nitrogen and oxygen atoms in total. The number of benzene rings is 1. The van der Waals surface area contributed by atoms with E-state index in [2.05, 4.69) is 50.4 Å². The first kappa shape index (κ1) is 27.1. The number of alkyl carbamates (subject to hydrolysis) is 1. The van der Waals surface area contributed by atoms with Crippen LogP contribution in [0.25, 0.3) is 0 Å². The Morgan fingerprint density at radius 3 is 2.47 bits per heavy atom. The van der Waals surface area contributed by atoms with Gasteiger partial charge in [0.1, 0.15) is 6.61 Å². The Morgan fingerprint density at radius 2 is 1.68 bits per heavy atom. The van der Waals surface area contributed by atoms with E-state index in [4.69, 9.17) is 14.2 Å². The SMILES string of the molecule is O=C(NCCCCCCO[PH](=O)O[PH](=O)O[PH](=O)O)OCC1c2ccccc2C2C=CC=CC21. The molecule has 6 atom stereocenters.